The van der Waals surface area contributed by atoms with E-state index in [0.29, 0.717) is 29.8 Å². The van der Waals surface area contributed by atoms with Gasteiger partial charge in [-0.2, -0.15) is 0 Å². The number of benzene rings is 2. The maximum absolute atomic E-state index is 11.3. The quantitative estimate of drug-likeness (QED) is 0.675. The van der Waals surface area contributed by atoms with E-state index in [1.807, 2.05) is 0 Å². The normalized spacial score (nSPS) is 16.1. The van der Waals surface area contributed by atoms with Crippen LogP contribution in [0.15, 0.2) is 48.5 Å². The number of Topliss-reactive ketones (excluding diaryl/α,β-unsaturated/α-hetero) is 1. The molecule has 1 aliphatic carbocycles. The molecule has 2 aromatic carbocycles. The van der Waals surface area contributed by atoms with E-state index in [1.165, 1.54) is 30.9 Å². The number of aliphatic hydroxyl groups excluding tert-OH is 1. The van der Waals surface area contributed by atoms with E-state index in [9.17, 15) is 9.90 Å². The highest BCUT2D eigenvalue weighted by Crippen LogP contribution is 2.41. The molecule has 2 N–H and O–H groups in total. The fraction of sp³-hybridized carbons (Fsp3) is 0.409. The van der Waals surface area contributed by atoms with Crippen molar-refractivity contribution in [3.05, 3.63) is 65.2 Å². The van der Waals surface area contributed by atoms with Gasteiger partial charge in [0.1, 0.15) is 18.5 Å². The van der Waals surface area contributed by atoms with Gasteiger partial charge >= 0.3 is 0 Å². The maximum Gasteiger partial charge on any atom is 0.159 e. The average Bonchev–Trinajstić information content (AvgIpc) is 3.47. The second-order valence-corrected chi connectivity index (χ2v) is 7.18. The SMILES string of the molecule is CC(=O)c1ccc(OCC(O)CNC(c2ccc(C)cc2)C2CC2)cc1. The summed E-state index contributed by atoms with van der Waals surface area (Å²) in [5, 5.41) is 13.8. The fourth-order valence-electron chi connectivity index (χ4n) is 3.06. The molecule has 0 bridgehead atoms. The van der Waals surface area contributed by atoms with E-state index >= 15 is 0 Å². The molecule has 0 radical (unpaired) electrons. The van der Waals surface area contributed by atoms with Crippen LogP contribution in [0.25, 0.3) is 0 Å². The Balaban J connectivity index is 1.48. The Morgan fingerprint density at radius 3 is 2.38 bits per heavy atom. The van der Waals surface area contributed by atoms with Crippen molar-refractivity contribution in [1.29, 1.82) is 0 Å². The molecule has 0 aromatic heterocycles. The van der Waals surface area contributed by atoms with Crippen molar-refractivity contribution >= 4 is 5.78 Å². The van der Waals surface area contributed by atoms with Gasteiger partial charge in [0.2, 0.25) is 0 Å². The van der Waals surface area contributed by atoms with Crippen molar-refractivity contribution < 1.29 is 14.6 Å². The summed E-state index contributed by atoms with van der Waals surface area (Å²) < 4.78 is 5.63. The van der Waals surface area contributed by atoms with E-state index in [2.05, 4.69) is 36.5 Å². The second kappa shape index (κ2) is 8.47. The minimum absolute atomic E-state index is 0.0306. The minimum Gasteiger partial charge on any atom is -0.491 e. The lowest BCUT2D eigenvalue weighted by Crippen LogP contribution is -2.34. The summed E-state index contributed by atoms with van der Waals surface area (Å²) in [6.07, 6.45) is 1.88. The number of nitrogens with one attached hydrogen (secondary N) is 1. The molecule has 26 heavy (non-hydrogen) atoms. The molecule has 2 atom stereocenters. The lowest BCUT2D eigenvalue weighted by molar-refractivity contribution is 0.101. The van der Waals surface area contributed by atoms with Crippen molar-refractivity contribution in [3.8, 4) is 5.75 Å². The number of aliphatic hydroxyl groups is 1. The van der Waals surface area contributed by atoms with Gasteiger partial charge in [-0.15, -0.1) is 0 Å². The maximum atomic E-state index is 11.3. The molecule has 0 heterocycles. The monoisotopic (exact) mass is 353 g/mol. The predicted octanol–water partition coefficient (Wildman–Crippen LogP) is 3.68. The molecule has 138 valence electrons. The largest absolute Gasteiger partial charge is 0.491 e. The summed E-state index contributed by atoms with van der Waals surface area (Å²) in [4.78, 5) is 11.3. The third kappa shape index (κ3) is 5.16. The second-order valence-electron chi connectivity index (χ2n) is 7.18. The van der Waals surface area contributed by atoms with Crippen molar-refractivity contribution in [2.24, 2.45) is 5.92 Å². The zero-order chi connectivity index (χ0) is 18.5. The summed E-state index contributed by atoms with van der Waals surface area (Å²) in [6.45, 7) is 4.33. The van der Waals surface area contributed by atoms with Crippen molar-refractivity contribution in [3.63, 3.8) is 0 Å². The highest BCUT2D eigenvalue weighted by Gasteiger charge is 2.32. The zero-order valence-corrected chi connectivity index (χ0v) is 15.4. The fourth-order valence-corrected chi connectivity index (χ4v) is 3.06. The number of hydrogen-bond acceptors (Lipinski definition) is 4. The molecule has 0 spiro atoms. The van der Waals surface area contributed by atoms with Gasteiger partial charge in [-0.25, -0.2) is 0 Å². The first kappa shape index (κ1) is 18.6. The summed E-state index contributed by atoms with van der Waals surface area (Å²) in [6, 6.07) is 15.9. The average molecular weight is 353 g/mol. The van der Waals surface area contributed by atoms with E-state index in [4.69, 9.17) is 4.74 Å². The molecule has 1 aliphatic rings. The van der Waals surface area contributed by atoms with Crippen molar-refractivity contribution in [2.45, 2.75) is 38.8 Å². The van der Waals surface area contributed by atoms with Crippen LogP contribution in [-0.2, 0) is 0 Å². The molecule has 4 heteroatoms. The van der Waals surface area contributed by atoms with E-state index in [-0.39, 0.29) is 12.4 Å². The third-order valence-electron chi connectivity index (χ3n) is 4.81. The molecule has 0 aliphatic heterocycles. The Morgan fingerprint density at radius 2 is 1.81 bits per heavy atom. The molecule has 1 fully saturated rings. The molecule has 2 unspecified atom stereocenters. The number of carbonyl (C=O) groups is 1. The smallest absolute Gasteiger partial charge is 0.159 e. The number of ketones is 1. The molecule has 0 saturated heterocycles. The first-order valence-corrected chi connectivity index (χ1v) is 9.25. The van der Waals surface area contributed by atoms with E-state index in [0.717, 1.165) is 0 Å². The highest BCUT2D eigenvalue weighted by molar-refractivity contribution is 5.94. The van der Waals surface area contributed by atoms with Gasteiger partial charge in [0, 0.05) is 18.2 Å². The number of aryl methyl sites for hydroxylation is 1. The number of carbonyl (C=O) groups excluding carboxylic acids is 1. The van der Waals surface area contributed by atoms with Crippen LogP contribution >= 0.6 is 0 Å². The molecule has 4 nitrogen and oxygen atoms in total. The molecule has 3 rings (SSSR count). The van der Waals surface area contributed by atoms with Gasteiger partial charge in [0.05, 0.1) is 0 Å². The van der Waals surface area contributed by atoms with E-state index in [1.54, 1.807) is 24.3 Å². The van der Waals surface area contributed by atoms with Crippen LogP contribution in [0.1, 0.15) is 47.3 Å². The van der Waals surface area contributed by atoms with E-state index < -0.39 is 6.10 Å². The highest BCUT2D eigenvalue weighted by atomic mass is 16.5. The first-order chi connectivity index (χ1) is 12.5. The summed E-state index contributed by atoms with van der Waals surface area (Å²) in [5.41, 5.74) is 3.20. The molecular weight excluding hydrogens is 326 g/mol. The minimum atomic E-state index is -0.589. The lowest BCUT2D eigenvalue weighted by Gasteiger charge is -2.21. The standard InChI is InChI=1S/C22H27NO3/c1-15-3-5-18(6-4-15)22(19-7-8-19)23-13-20(25)14-26-21-11-9-17(10-12-21)16(2)24/h3-6,9-12,19-20,22-23,25H,7-8,13-14H2,1-2H3. The van der Waals surface area contributed by atoms with Gasteiger partial charge < -0.3 is 15.2 Å². The Labute approximate surface area is 155 Å². The van der Waals surface area contributed by atoms with Gasteiger partial charge in [-0.3, -0.25) is 4.79 Å². The third-order valence-corrected chi connectivity index (χ3v) is 4.81. The Morgan fingerprint density at radius 1 is 1.15 bits per heavy atom. The van der Waals surface area contributed by atoms with Crippen LogP contribution in [0.2, 0.25) is 0 Å². The topological polar surface area (TPSA) is 58.6 Å². The van der Waals surface area contributed by atoms with Crippen LogP contribution in [0.3, 0.4) is 0 Å². The Kier molecular flexibility index (Phi) is 6.07. The van der Waals surface area contributed by atoms with Gasteiger partial charge in [0.15, 0.2) is 5.78 Å². The van der Waals surface area contributed by atoms with Crippen LogP contribution in [0, 0.1) is 12.8 Å². The summed E-state index contributed by atoms with van der Waals surface area (Å²) in [7, 11) is 0. The predicted molar refractivity (Wildman–Crippen MR) is 103 cm³/mol. The number of rotatable bonds is 9. The molecule has 0 amide bonds. The van der Waals surface area contributed by atoms with Crippen molar-refractivity contribution in [1.82, 2.24) is 5.32 Å². The van der Waals surface area contributed by atoms with Crippen LogP contribution < -0.4 is 10.1 Å². The van der Waals surface area contributed by atoms with Crippen LogP contribution in [0.4, 0.5) is 0 Å². The summed E-state index contributed by atoms with van der Waals surface area (Å²) in [5.74, 6) is 1.35. The lowest BCUT2D eigenvalue weighted by atomic mass is 10.0. The van der Waals surface area contributed by atoms with Crippen molar-refractivity contribution in [2.75, 3.05) is 13.2 Å². The van der Waals surface area contributed by atoms with Crippen LogP contribution in [0.5, 0.6) is 5.75 Å². The molecule has 1 saturated carbocycles. The number of hydrogen-bond donors (Lipinski definition) is 2. The van der Waals surface area contributed by atoms with Crippen LogP contribution in [-0.4, -0.2) is 30.1 Å². The zero-order valence-electron chi connectivity index (χ0n) is 15.4. The molecular formula is C22H27NO3. The summed E-state index contributed by atoms with van der Waals surface area (Å²) >= 11 is 0. The Bertz CT molecular complexity index is 720. The van der Waals surface area contributed by atoms with Gasteiger partial charge in [-0.1, -0.05) is 29.8 Å². The van der Waals surface area contributed by atoms with Gasteiger partial charge in [-0.05, 0) is 62.4 Å². The molecule has 2 aromatic rings. The Hall–Kier alpha value is -2.17. The first-order valence-electron chi connectivity index (χ1n) is 9.25. The number of ether oxygens (including phenoxy) is 1. The van der Waals surface area contributed by atoms with Gasteiger partial charge in [0.25, 0.3) is 0 Å².